The molecular formula is C80H143NO34. The van der Waals surface area contributed by atoms with Gasteiger partial charge in [0, 0.05) is 46.4 Å². The van der Waals surface area contributed by atoms with Crippen LogP contribution in [0.1, 0.15) is 47.5 Å². The number of nitrogens with one attached hydrogen (secondary N) is 1. The molecule has 1 amide bonds. The van der Waals surface area contributed by atoms with Gasteiger partial charge in [-0.2, -0.15) is 0 Å². The number of ether oxygens (including phenoxy) is 29. The van der Waals surface area contributed by atoms with Crippen molar-refractivity contribution in [3.8, 4) is 0 Å². The molecule has 0 aromatic rings. The molecule has 0 saturated heterocycles. The molecular weight excluding hydrogens is 1520 g/mol. The van der Waals surface area contributed by atoms with Crippen molar-refractivity contribution in [1.29, 1.82) is 0 Å². The maximum absolute atomic E-state index is 14.5. The maximum Gasteiger partial charge on any atom is 0.407 e. The number of esters is 4. The maximum atomic E-state index is 14.5. The molecule has 0 heterocycles. The normalized spacial score (nSPS) is 18.3. The number of amides is 1. The lowest BCUT2D eigenvalue weighted by atomic mass is 9.85. The molecule has 0 spiro atoms. The van der Waals surface area contributed by atoms with Crippen LogP contribution in [0.2, 0.25) is 0 Å². The molecule has 2 saturated carbocycles. The Morgan fingerprint density at radius 2 is 0.522 bits per heavy atom. The highest BCUT2D eigenvalue weighted by atomic mass is 16.6. The van der Waals surface area contributed by atoms with Crippen molar-refractivity contribution in [1.82, 2.24) is 5.32 Å². The molecule has 2 aliphatic rings. The first kappa shape index (κ1) is 106. The number of alkyl carbamates (subject to hydrolysis) is 1. The van der Waals surface area contributed by atoms with Crippen LogP contribution in [-0.4, -0.2) is 387 Å². The first-order valence-electron chi connectivity index (χ1n) is 40.4. The molecule has 35 nitrogen and oxygen atoms in total. The van der Waals surface area contributed by atoms with E-state index in [1.807, 2.05) is 18.2 Å². The molecule has 0 aliphatic heterocycles. The van der Waals surface area contributed by atoms with Crippen LogP contribution in [0, 0.1) is 47.3 Å². The first-order valence-corrected chi connectivity index (χ1v) is 40.4. The Bertz CT molecular complexity index is 2340. The van der Waals surface area contributed by atoms with E-state index < -0.39 is 59.2 Å². The molecule has 0 aromatic heterocycles. The van der Waals surface area contributed by atoms with E-state index in [-0.39, 0.29) is 96.3 Å². The Morgan fingerprint density at radius 1 is 0.304 bits per heavy atom. The third kappa shape index (κ3) is 64.0. The topological polar surface area (TPSA) is 365 Å². The van der Waals surface area contributed by atoms with Gasteiger partial charge >= 0.3 is 30.0 Å². The predicted octanol–water partition coefficient (Wildman–Crippen LogP) is 4.42. The summed E-state index contributed by atoms with van der Waals surface area (Å²) in [7, 11) is 3.27. The van der Waals surface area contributed by atoms with E-state index in [9.17, 15) is 24.0 Å². The van der Waals surface area contributed by atoms with Crippen molar-refractivity contribution < 1.29 is 161 Å². The lowest BCUT2D eigenvalue weighted by Gasteiger charge is -2.25. The SMILES string of the molecule is C=CC1CC(/C=C/C2CC(/C=C/CNC(=O)OC(C)(C)C)C(C(=O)OCCOCCOCCOCCOCCOCCOCCOCCOCCOCCOCCOCCOC)C2C(=O)OCCOCCOCCOCCOCCOCCOCCOCCOCCOCCOCCOCCOC)C(COC(C)=O)C1COC(C)=O. The third-order valence-electron chi connectivity index (χ3n) is 16.9. The number of rotatable bonds is 84. The fourth-order valence-corrected chi connectivity index (χ4v) is 11.4. The zero-order valence-electron chi connectivity index (χ0n) is 70.1. The van der Waals surface area contributed by atoms with E-state index in [2.05, 4.69) is 11.9 Å². The van der Waals surface area contributed by atoms with Crippen LogP contribution in [0.25, 0.3) is 0 Å². The standard InChI is InChI=1S/C80H143NO34/c1-9-69-63-70(74(66-114-68(3)83)73(69)65-113-67(2)82)12-13-72-64-71(11-10-14-81-79(86)115-80(4,5)6)75(77(84)111-61-59-109-57-55-107-53-51-105-49-47-103-45-43-101-41-39-99-37-35-97-33-31-95-29-27-93-25-23-91-21-19-89-17-15-87-7)76(72)78(85)112-62-60-110-58-56-108-54-52-106-50-48-104-46-44-102-42-40-100-38-36-98-34-32-96-30-28-94-26-24-92-22-20-90-18-16-88-8/h9-13,69-76H,1,14-66H2,2-8H3,(H,81,86)/b11-10+,13-12+. The smallest absolute Gasteiger partial charge is 0.407 e. The minimum atomic E-state index is -1.03. The Hall–Kier alpha value is -4.59. The molecule has 2 rings (SSSR count). The van der Waals surface area contributed by atoms with Gasteiger partial charge in [0.05, 0.1) is 329 Å². The number of hydrogen-bond donors (Lipinski definition) is 1. The van der Waals surface area contributed by atoms with Gasteiger partial charge < -0.3 is 143 Å². The van der Waals surface area contributed by atoms with Crippen LogP contribution in [0.4, 0.5) is 4.79 Å². The fourth-order valence-electron chi connectivity index (χ4n) is 11.4. The second kappa shape index (κ2) is 78.0. The summed E-state index contributed by atoms with van der Waals surface area (Å²) in [5, 5.41) is 2.71. The van der Waals surface area contributed by atoms with Gasteiger partial charge in [0.2, 0.25) is 0 Å². The van der Waals surface area contributed by atoms with Gasteiger partial charge in [0.15, 0.2) is 0 Å². The van der Waals surface area contributed by atoms with E-state index in [0.29, 0.717) is 277 Å². The minimum absolute atomic E-state index is 0.0460. The van der Waals surface area contributed by atoms with Crippen LogP contribution in [-0.2, 0) is 157 Å². The second-order valence-corrected chi connectivity index (χ2v) is 26.8. The van der Waals surface area contributed by atoms with Gasteiger partial charge in [-0.25, -0.2) is 4.79 Å². The van der Waals surface area contributed by atoms with Gasteiger partial charge in [0.25, 0.3) is 0 Å². The van der Waals surface area contributed by atoms with Crippen LogP contribution in [0.5, 0.6) is 0 Å². The minimum Gasteiger partial charge on any atom is -0.466 e. The largest absolute Gasteiger partial charge is 0.466 e. The summed E-state index contributed by atoms with van der Waals surface area (Å²) in [4.78, 5) is 65.8. The van der Waals surface area contributed by atoms with Gasteiger partial charge in [-0.15, -0.1) is 6.58 Å². The van der Waals surface area contributed by atoms with Crippen molar-refractivity contribution >= 4 is 30.0 Å². The van der Waals surface area contributed by atoms with Gasteiger partial charge in [-0.05, 0) is 57.3 Å². The molecule has 0 radical (unpaired) electrons. The summed E-state index contributed by atoms with van der Waals surface area (Å²) in [5.41, 5.74) is -0.731. The monoisotopic (exact) mass is 1660 g/mol. The fraction of sp³-hybridized carbons (Fsp3) is 0.863. The Kier molecular flexibility index (Phi) is 72.2. The van der Waals surface area contributed by atoms with Crippen molar-refractivity contribution in [2.24, 2.45) is 47.3 Å². The summed E-state index contributed by atoms with van der Waals surface area (Å²) in [5.74, 6) is -6.11. The average Bonchev–Trinajstić information content (AvgIpc) is 1.64. The molecule has 2 fully saturated rings. The molecule has 0 bridgehead atoms. The molecule has 1 N–H and O–H groups in total. The quantitative estimate of drug-likeness (QED) is 0.0381. The van der Waals surface area contributed by atoms with Gasteiger partial charge in [0.1, 0.15) is 18.8 Å². The van der Waals surface area contributed by atoms with Crippen molar-refractivity contribution in [3.05, 3.63) is 37.0 Å². The number of methoxy groups -OCH3 is 2. The zero-order chi connectivity index (χ0) is 83.2. The van der Waals surface area contributed by atoms with Gasteiger partial charge in [-0.3, -0.25) is 19.2 Å². The third-order valence-corrected chi connectivity index (χ3v) is 16.9. The molecule has 0 aromatic carbocycles. The lowest BCUT2D eigenvalue weighted by Crippen LogP contribution is -2.35. The molecule has 35 heteroatoms. The van der Waals surface area contributed by atoms with Crippen LogP contribution < -0.4 is 5.32 Å². The number of allylic oxidation sites excluding steroid dienone is 4. The van der Waals surface area contributed by atoms with Crippen LogP contribution in [0.15, 0.2) is 37.0 Å². The van der Waals surface area contributed by atoms with Gasteiger partial charge in [-0.1, -0.05) is 30.4 Å². The van der Waals surface area contributed by atoms with E-state index in [0.717, 1.165) is 0 Å². The highest BCUT2D eigenvalue weighted by Crippen LogP contribution is 2.47. The van der Waals surface area contributed by atoms with E-state index in [4.69, 9.17) is 137 Å². The number of carbonyl (C=O) groups is 5. The summed E-state index contributed by atoms with van der Waals surface area (Å²) in [6, 6.07) is 0. The summed E-state index contributed by atoms with van der Waals surface area (Å²) in [6.07, 6.45) is 9.52. The highest BCUT2D eigenvalue weighted by molar-refractivity contribution is 5.84. The summed E-state index contributed by atoms with van der Waals surface area (Å²) in [6.45, 7) is 31.2. The van der Waals surface area contributed by atoms with Crippen molar-refractivity contribution in [2.45, 2.75) is 53.1 Å². The first-order chi connectivity index (χ1) is 56.2. The Balaban J connectivity index is 1.76. The average molecular weight is 1660 g/mol. The van der Waals surface area contributed by atoms with E-state index in [1.54, 1.807) is 47.1 Å². The number of hydrogen-bond acceptors (Lipinski definition) is 34. The molecule has 115 heavy (non-hydrogen) atoms. The summed E-state index contributed by atoms with van der Waals surface area (Å²) < 4.78 is 160. The van der Waals surface area contributed by atoms with E-state index >= 15 is 0 Å². The molecule has 8 atom stereocenters. The highest BCUT2D eigenvalue weighted by Gasteiger charge is 2.51. The number of carbonyl (C=O) groups excluding carboxylic acids is 5. The van der Waals surface area contributed by atoms with E-state index in [1.165, 1.54) is 13.8 Å². The zero-order valence-corrected chi connectivity index (χ0v) is 70.1. The van der Waals surface area contributed by atoms with Crippen molar-refractivity contribution in [3.63, 3.8) is 0 Å². The van der Waals surface area contributed by atoms with Crippen molar-refractivity contribution in [2.75, 3.05) is 351 Å². The Morgan fingerprint density at radius 3 is 0.757 bits per heavy atom. The molecule has 672 valence electrons. The molecule has 8 unspecified atom stereocenters. The van der Waals surface area contributed by atoms with Crippen LogP contribution in [0.3, 0.4) is 0 Å². The molecule has 2 aliphatic carbocycles. The lowest BCUT2D eigenvalue weighted by molar-refractivity contribution is -0.162. The summed E-state index contributed by atoms with van der Waals surface area (Å²) >= 11 is 0. The van der Waals surface area contributed by atoms with Crippen LogP contribution >= 0.6 is 0 Å². The second-order valence-electron chi connectivity index (χ2n) is 26.8. The predicted molar refractivity (Wildman–Crippen MR) is 417 cm³/mol. The Labute approximate surface area is 682 Å².